The highest BCUT2D eigenvalue weighted by Gasteiger charge is 2.31. The number of aromatic nitrogens is 3. The van der Waals surface area contributed by atoms with E-state index < -0.39 is 0 Å². The molecule has 5 rings (SSSR count). The molecule has 0 amide bonds. The molecule has 3 heterocycles. The van der Waals surface area contributed by atoms with Gasteiger partial charge < -0.3 is 5.11 Å². The maximum Gasteiger partial charge on any atom is 0.230 e. The second-order valence-electron chi connectivity index (χ2n) is 7.73. The first-order valence-electron chi connectivity index (χ1n) is 10.1. The first-order valence-corrected chi connectivity index (χ1v) is 11.0. The van der Waals surface area contributed by atoms with Gasteiger partial charge in [-0.2, -0.15) is 9.61 Å². The van der Waals surface area contributed by atoms with Crippen LogP contribution in [0.4, 0.5) is 0 Å². The van der Waals surface area contributed by atoms with Crippen LogP contribution in [0.3, 0.4) is 0 Å². The molecule has 5 nitrogen and oxygen atoms in total. The van der Waals surface area contributed by atoms with Crippen LogP contribution in [0.15, 0.2) is 67.0 Å². The van der Waals surface area contributed by atoms with Gasteiger partial charge in [-0.05, 0) is 49.4 Å². The number of aromatic hydroxyl groups is 1. The van der Waals surface area contributed by atoms with Crippen LogP contribution in [0.1, 0.15) is 34.9 Å². The summed E-state index contributed by atoms with van der Waals surface area (Å²) in [5.74, 6) is 0.920. The molecule has 4 aromatic rings. The van der Waals surface area contributed by atoms with Crippen molar-refractivity contribution in [2.24, 2.45) is 5.92 Å². The second kappa shape index (κ2) is 7.97. The molecule has 0 aliphatic carbocycles. The van der Waals surface area contributed by atoms with Gasteiger partial charge in [-0.1, -0.05) is 72.0 Å². The van der Waals surface area contributed by atoms with Gasteiger partial charge in [0, 0.05) is 0 Å². The van der Waals surface area contributed by atoms with Crippen LogP contribution >= 0.6 is 11.3 Å². The maximum absolute atomic E-state index is 10.8. The molecule has 1 saturated heterocycles. The average molecular weight is 405 g/mol. The normalized spacial score (nSPS) is 17.0. The molecule has 1 aliphatic rings. The first kappa shape index (κ1) is 18.3. The first-order chi connectivity index (χ1) is 14.3. The van der Waals surface area contributed by atoms with Crippen molar-refractivity contribution in [3.63, 3.8) is 0 Å². The number of fused-ring (bicyclic) bond motifs is 1. The summed E-state index contributed by atoms with van der Waals surface area (Å²) in [5.41, 5.74) is 2.63. The van der Waals surface area contributed by atoms with Crippen LogP contribution in [0.2, 0.25) is 0 Å². The van der Waals surface area contributed by atoms with Gasteiger partial charge in [-0.15, -0.1) is 0 Å². The molecule has 1 atom stereocenters. The molecule has 0 radical (unpaired) electrons. The zero-order valence-electron chi connectivity index (χ0n) is 16.2. The smallest absolute Gasteiger partial charge is 0.230 e. The van der Waals surface area contributed by atoms with E-state index in [9.17, 15) is 5.11 Å². The summed E-state index contributed by atoms with van der Waals surface area (Å²) in [7, 11) is 0. The van der Waals surface area contributed by atoms with E-state index in [1.54, 1.807) is 0 Å². The van der Waals surface area contributed by atoms with E-state index in [-0.39, 0.29) is 11.9 Å². The summed E-state index contributed by atoms with van der Waals surface area (Å²) in [6.07, 6.45) is 4.97. The number of hydrogen-bond donors (Lipinski definition) is 1. The number of rotatable bonds is 5. The fourth-order valence-electron chi connectivity index (χ4n) is 4.40. The number of likely N-dealkylation sites (tertiary alicyclic amines) is 1. The van der Waals surface area contributed by atoms with Crippen LogP contribution in [0.25, 0.3) is 4.96 Å². The monoisotopic (exact) mass is 404 g/mol. The van der Waals surface area contributed by atoms with Gasteiger partial charge in [0.1, 0.15) is 6.33 Å². The highest BCUT2D eigenvalue weighted by molar-refractivity contribution is 7.17. The molecular weight excluding hydrogens is 380 g/mol. The van der Waals surface area contributed by atoms with Crippen molar-refractivity contribution in [2.75, 3.05) is 13.1 Å². The van der Waals surface area contributed by atoms with E-state index in [4.69, 9.17) is 0 Å². The average Bonchev–Trinajstić information content (AvgIpc) is 3.35. The van der Waals surface area contributed by atoms with E-state index in [2.05, 4.69) is 69.6 Å². The van der Waals surface area contributed by atoms with Gasteiger partial charge in [-0.3, -0.25) is 4.90 Å². The van der Waals surface area contributed by atoms with Crippen LogP contribution in [-0.4, -0.2) is 37.7 Å². The Balaban J connectivity index is 1.39. The van der Waals surface area contributed by atoms with E-state index >= 15 is 0 Å². The largest absolute Gasteiger partial charge is 0.492 e. The molecule has 0 bridgehead atoms. The van der Waals surface area contributed by atoms with Gasteiger partial charge in [0.15, 0.2) is 0 Å². The lowest BCUT2D eigenvalue weighted by Gasteiger charge is -2.37. The topological polar surface area (TPSA) is 53.7 Å². The third-order valence-electron chi connectivity index (χ3n) is 5.88. The molecule has 1 unspecified atom stereocenters. The molecule has 2 aromatic carbocycles. The molecule has 2 aromatic heterocycles. The SMILES string of the molecule is Oc1c(C(c2ccccc2)N2CCC(Cc3ccccc3)CC2)sc2ncnn12. The fourth-order valence-corrected chi connectivity index (χ4v) is 5.49. The van der Waals surface area contributed by atoms with Crippen LogP contribution in [-0.2, 0) is 6.42 Å². The Bertz CT molecular complexity index is 1070. The Labute approximate surface area is 174 Å². The Morgan fingerprint density at radius 3 is 2.38 bits per heavy atom. The van der Waals surface area contributed by atoms with Crippen molar-refractivity contribution in [1.29, 1.82) is 0 Å². The molecule has 0 saturated carbocycles. The van der Waals surface area contributed by atoms with Crippen LogP contribution in [0.5, 0.6) is 5.88 Å². The third kappa shape index (κ3) is 3.66. The molecule has 1 N–H and O–H groups in total. The summed E-state index contributed by atoms with van der Waals surface area (Å²) in [6, 6.07) is 21.3. The Kier molecular flexibility index (Phi) is 5.04. The van der Waals surface area contributed by atoms with Gasteiger partial charge in [0.2, 0.25) is 10.8 Å². The quantitative estimate of drug-likeness (QED) is 0.531. The zero-order valence-corrected chi connectivity index (χ0v) is 17.0. The van der Waals surface area contributed by atoms with Gasteiger partial charge in [-0.25, -0.2) is 4.98 Å². The van der Waals surface area contributed by atoms with E-state index in [1.807, 2.05) is 6.07 Å². The highest BCUT2D eigenvalue weighted by atomic mass is 32.1. The number of piperidine rings is 1. The van der Waals surface area contributed by atoms with E-state index in [0.29, 0.717) is 5.92 Å². The van der Waals surface area contributed by atoms with Crippen molar-refractivity contribution in [2.45, 2.75) is 25.3 Å². The van der Waals surface area contributed by atoms with E-state index in [0.717, 1.165) is 29.3 Å². The standard InChI is InChI=1S/C23H24N4OS/c28-22-21(29-23-24-16-25-27(22)23)20(19-9-5-2-6-10-19)26-13-11-18(12-14-26)15-17-7-3-1-4-8-17/h1-10,16,18,20,28H,11-15H2. The molecule has 0 spiro atoms. The number of nitrogens with zero attached hydrogens (tertiary/aromatic N) is 4. The lowest BCUT2D eigenvalue weighted by molar-refractivity contribution is 0.150. The van der Waals surface area contributed by atoms with Crippen molar-refractivity contribution in [3.8, 4) is 5.88 Å². The highest BCUT2D eigenvalue weighted by Crippen LogP contribution is 2.41. The molecule has 29 heavy (non-hydrogen) atoms. The molecule has 6 heteroatoms. The Morgan fingerprint density at radius 1 is 1.00 bits per heavy atom. The lowest BCUT2D eigenvalue weighted by atomic mass is 9.89. The number of thiazole rings is 1. The van der Waals surface area contributed by atoms with Crippen molar-refractivity contribution in [1.82, 2.24) is 19.5 Å². The summed E-state index contributed by atoms with van der Waals surface area (Å²) in [4.78, 5) is 8.43. The van der Waals surface area contributed by atoms with Gasteiger partial charge in [0.05, 0.1) is 10.9 Å². The fraction of sp³-hybridized carbons (Fsp3) is 0.304. The van der Waals surface area contributed by atoms with E-state index in [1.165, 1.54) is 46.1 Å². The van der Waals surface area contributed by atoms with Crippen LogP contribution < -0.4 is 0 Å². The van der Waals surface area contributed by atoms with Gasteiger partial charge in [0.25, 0.3) is 0 Å². The number of hydrogen-bond acceptors (Lipinski definition) is 5. The summed E-state index contributed by atoms with van der Waals surface area (Å²) in [5, 5.41) is 15.0. The minimum absolute atomic E-state index is 0.0300. The minimum atomic E-state index is 0.0300. The lowest BCUT2D eigenvalue weighted by Crippen LogP contribution is -2.37. The minimum Gasteiger partial charge on any atom is -0.492 e. The molecule has 1 fully saturated rings. The van der Waals surface area contributed by atoms with Crippen molar-refractivity contribution in [3.05, 3.63) is 83.0 Å². The predicted molar refractivity (Wildman–Crippen MR) is 115 cm³/mol. The molecular formula is C23H24N4OS. The Morgan fingerprint density at radius 2 is 1.69 bits per heavy atom. The summed E-state index contributed by atoms with van der Waals surface area (Å²) < 4.78 is 1.54. The van der Waals surface area contributed by atoms with Crippen LogP contribution in [0, 0.1) is 5.92 Å². The Hall–Kier alpha value is -2.70. The predicted octanol–water partition coefficient (Wildman–Crippen LogP) is 4.54. The summed E-state index contributed by atoms with van der Waals surface area (Å²) >= 11 is 1.53. The maximum atomic E-state index is 10.8. The van der Waals surface area contributed by atoms with Gasteiger partial charge >= 0.3 is 0 Å². The number of benzene rings is 2. The molecule has 1 aliphatic heterocycles. The molecule has 148 valence electrons. The zero-order chi connectivity index (χ0) is 19.6. The second-order valence-corrected chi connectivity index (χ2v) is 8.74. The van der Waals surface area contributed by atoms with Crippen molar-refractivity contribution < 1.29 is 5.11 Å². The van der Waals surface area contributed by atoms with Crippen molar-refractivity contribution >= 4 is 16.3 Å². The third-order valence-corrected chi connectivity index (χ3v) is 6.97. The summed E-state index contributed by atoms with van der Waals surface area (Å²) in [6.45, 7) is 2.04.